The summed E-state index contributed by atoms with van der Waals surface area (Å²) in [6.45, 7) is 7.91. The van der Waals surface area contributed by atoms with E-state index in [9.17, 15) is 4.79 Å². The third kappa shape index (κ3) is 4.50. The van der Waals surface area contributed by atoms with Crippen molar-refractivity contribution in [2.24, 2.45) is 5.92 Å². The molecule has 0 aromatic carbocycles. The first-order chi connectivity index (χ1) is 4.54. The third-order valence-electron chi connectivity index (χ3n) is 1.49. The average Bonchev–Trinajstić information content (AvgIpc) is 1.82. The first-order valence-electron chi connectivity index (χ1n) is 3.65. The number of Topliss-reactive ketones (excluding diaryl/α,β-unsaturated/α-hetero) is 1. The minimum Gasteiger partial charge on any atom is -0.370 e. The molecular weight excluding hydrogens is 128 g/mol. The van der Waals surface area contributed by atoms with E-state index in [-0.39, 0.29) is 18.5 Å². The summed E-state index contributed by atoms with van der Waals surface area (Å²) in [6, 6.07) is 0. The summed E-state index contributed by atoms with van der Waals surface area (Å²) in [6.07, 6.45) is 0.184. The fourth-order valence-corrected chi connectivity index (χ4v) is 0.441. The molecule has 0 aromatic rings. The first kappa shape index (κ1) is 9.63. The maximum absolute atomic E-state index is 10.4. The maximum atomic E-state index is 10.4. The Kier molecular flexibility index (Phi) is 4.28. The average molecular weight is 144 g/mol. The minimum absolute atomic E-state index is 0.0903. The number of ketones is 1. The van der Waals surface area contributed by atoms with Crippen LogP contribution in [-0.2, 0) is 9.53 Å². The van der Waals surface area contributed by atoms with Gasteiger partial charge < -0.3 is 4.74 Å². The fourth-order valence-electron chi connectivity index (χ4n) is 0.441. The third-order valence-corrected chi connectivity index (χ3v) is 1.49. The van der Waals surface area contributed by atoms with Crippen molar-refractivity contribution >= 4 is 5.78 Å². The van der Waals surface area contributed by atoms with Crippen LogP contribution in [0.5, 0.6) is 0 Å². The quantitative estimate of drug-likeness (QED) is 0.599. The second kappa shape index (κ2) is 4.45. The highest BCUT2D eigenvalue weighted by Gasteiger charge is 2.07. The molecule has 2 nitrogen and oxygen atoms in total. The lowest BCUT2D eigenvalue weighted by Gasteiger charge is -2.14. The summed E-state index contributed by atoms with van der Waals surface area (Å²) in [5, 5.41) is 0. The Hall–Kier alpha value is -0.370. The lowest BCUT2D eigenvalue weighted by Crippen LogP contribution is -2.18. The molecule has 1 unspecified atom stereocenters. The molecule has 0 aromatic heterocycles. The Morgan fingerprint density at radius 1 is 1.40 bits per heavy atom. The Balaban J connectivity index is 3.39. The summed E-state index contributed by atoms with van der Waals surface area (Å²) in [5.74, 6) is 0.576. The van der Waals surface area contributed by atoms with Crippen molar-refractivity contribution in [1.82, 2.24) is 0 Å². The zero-order chi connectivity index (χ0) is 8.15. The van der Waals surface area contributed by atoms with Crippen LogP contribution in [-0.4, -0.2) is 18.5 Å². The van der Waals surface area contributed by atoms with E-state index in [1.807, 2.05) is 6.92 Å². The van der Waals surface area contributed by atoms with E-state index in [1.54, 1.807) is 0 Å². The van der Waals surface area contributed by atoms with E-state index in [0.29, 0.717) is 5.92 Å². The maximum Gasteiger partial charge on any atom is 0.155 e. The van der Waals surface area contributed by atoms with Gasteiger partial charge in [0.25, 0.3) is 0 Å². The molecule has 0 fully saturated rings. The first-order valence-corrected chi connectivity index (χ1v) is 3.65. The summed E-state index contributed by atoms with van der Waals surface area (Å²) in [4.78, 5) is 10.4. The Labute approximate surface area is 62.6 Å². The molecule has 0 aliphatic heterocycles. The van der Waals surface area contributed by atoms with E-state index >= 15 is 0 Å². The Bertz CT molecular complexity index is 108. The van der Waals surface area contributed by atoms with Crippen molar-refractivity contribution in [2.45, 2.75) is 33.8 Å². The van der Waals surface area contributed by atoms with Gasteiger partial charge in [-0.1, -0.05) is 13.8 Å². The molecule has 10 heavy (non-hydrogen) atoms. The molecule has 0 spiro atoms. The molecule has 2 heteroatoms. The van der Waals surface area contributed by atoms with Crippen molar-refractivity contribution in [1.29, 1.82) is 0 Å². The van der Waals surface area contributed by atoms with E-state index < -0.39 is 0 Å². The molecule has 0 heterocycles. The molecule has 0 aliphatic rings. The van der Waals surface area contributed by atoms with E-state index in [0.717, 1.165) is 0 Å². The Morgan fingerprint density at radius 3 is 2.20 bits per heavy atom. The van der Waals surface area contributed by atoms with Crippen molar-refractivity contribution in [2.75, 3.05) is 6.61 Å². The van der Waals surface area contributed by atoms with E-state index in [4.69, 9.17) is 4.74 Å². The van der Waals surface area contributed by atoms with Gasteiger partial charge in [-0.3, -0.25) is 4.79 Å². The number of carbonyl (C=O) groups is 1. The number of ether oxygens (including phenoxy) is 1. The molecule has 0 N–H and O–H groups in total. The topological polar surface area (TPSA) is 26.3 Å². The molecule has 0 bridgehead atoms. The van der Waals surface area contributed by atoms with Gasteiger partial charge in [0.1, 0.15) is 6.61 Å². The predicted octanol–water partition coefficient (Wildman–Crippen LogP) is 1.64. The number of hydrogen-bond donors (Lipinski definition) is 0. The summed E-state index contributed by atoms with van der Waals surface area (Å²) in [5.41, 5.74) is 0. The lowest BCUT2D eigenvalue weighted by atomic mass is 10.1. The van der Waals surface area contributed by atoms with Crippen LogP contribution in [0.3, 0.4) is 0 Å². The van der Waals surface area contributed by atoms with Crippen molar-refractivity contribution in [3.8, 4) is 0 Å². The standard InChI is InChI=1S/C8H16O2/c1-6(2)8(4)10-5-7(3)9/h6,8H,5H2,1-4H3. The van der Waals surface area contributed by atoms with Crippen LogP contribution in [0.25, 0.3) is 0 Å². The molecule has 0 aliphatic carbocycles. The Morgan fingerprint density at radius 2 is 1.90 bits per heavy atom. The van der Waals surface area contributed by atoms with Gasteiger partial charge >= 0.3 is 0 Å². The van der Waals surface area contributed by atoms with Crippen LogP contribution in [0, 0.1) is 5.92 Å². The van der Waals surface area contributed by atoms with Crippen molar-refractivity contribution < 1.29 is 9.53 Å². The normalized spacial score (nSPS) is 13.7. The van der Waals surface area contributed by atoms with Crippen LogP contribution in [0.15, 0.2) is 0 Å². The van der Waals surface area contributed by atoms with Gasteiger partial charge in [0.2, 0.25) is 0 Å². The fraction of sp³-hybridized carbons (Fsp3) is 0.875. The predicted molar refractivity (Wildman–Crippen MR) is 40.9 cm³/mol. The molecular formula is C8H16O2. The largest absolute Gasteiger partial charge is 0.370 e. The van der Waals surface area contributed by atoms with Crippen molar-refractivity contribution in [3.63, 3.8) is 0 Å². The lowest BCUT2D eigenvalue weighted by molar-refractivity contribution is -0.123. The van der Waals surface area contributed by atoms with Gasteiger partial charge in [0, 0.05) is 0 Å². The summed E-state index contributed by atoms with van der Waals surface area (Å²) < 4.78 is 5.22. The molecule has 1 atom stereocenters. The van der Waals surface area contributed by atoms with E-state index in [1.165, 1.54) is 6.92 Å². The van der Waals surface area contributed by atoms with Crippen LogP contribution < -0.4 is 0 Å². The van der Waals surface area contributed by atoms with Gasteiger partial charge in [0.15, 0.2) is 5.78 Å². The van der Waals surface area contributed by atoms with Crippen LogP contribution in [0.4, 0.5) is 0 Å². The molecule has 0 saturated carbocycles. The van der Waals surface area contributed by atoms with Gasteiger partial charge in [-0.15, -0.1) is 0 Å². The highest BCUT2D eigenvalue weighted by molar-refractivity contribution is 5.76. The molecule has 0 rings (SSSR count). The number of hydrogen-bond acceptors (Lipinski definition) is 2. The van der Waals surface area contributed by atoms with Gasteiger partial charge in [-0.05, 0) is 19.8 Å². The molecule has 0 amide bonds. The second-order valence-corrected chi connectivity index (χ2v) is 2.96. The van der Waals surface area contributed by atoms with Gasteiger partial charge in [-0.2, -0.15) is 0 Å². The molecule has 0 saturated heterocycles. The van der Waals surface area contributed by atoms with Gasteiger partial charge in [0.05, 0.1) is 6.10 Å². The zero-order valence-corrected chi connectivity index (χ0v) is 7.18. The zero-order valence-electron chi connectivity index (χ0n) is 7.18. The van der Waals surface area contributed by atoms with Crippen LogP contribution in [0.2, 0.25) is 0 Å². The second-order valence-electron chi connectivity index (χ2n) is 2.96. The van der Waals surface area contributed by atoms with Gasteiger partial charge in [-0.25, -0.2) is 0 Å². The monoisotopic (exact) mass is 144 g/mol. The molecule has 0 radical (unpaired) electrons. The van der Waals surface area contributed by atoms with Crippen LogP contribution in [0.1, 0.15) is 27.7 Å². The SMILES string of the molecule is CC(=O)COC(C)C(C)C. The smallest absolute Gasteiger partial charge is 0.155 e. The number of rotatable bonds is 4. The minimum atomic E-state index is 0.0903. The molecule has 60 valence electrons. The van der Waals surface area contributed by atoms with E-state index in [2.05, 4.69) is 13.8 Å². The highest BCUT2D eigenvalue weighted by Crippen LogP contribution is 2.04. The summed E-state index contributed by atoms with van der Waals surface area (Å²) >= 11 is 0. The van der Waals surface area contributed by atoms with Crippen LogP contribution >= 0.6 is 0 Å². The highest BCUT2D eigenvalue weighted by atomic mass is 16.5. The number of carbonyl (C=O) groups excluding carboxylic acids is 1. The summed E-state index contributed by atoms with van der Waals surface area (Å²) in [7, 11) is 0. The van der Waals surface area contributed by atoms with Crippen molar-refractivity contribution in [3.05, 3.63) is 0 Å².